The van der Waals surface area contributed by atoms with E-state index in [1.165, 1.54) is 0 Å². The predicted molar refractivity (Wildman–Crippen MR) is 53.6 cm³/mol. The number of carboxylic acid groups (broad SMARTS) is 4. The molecule has 102 valence electrons. The average Bonchev–Trinajstić information content (AvgIpc) is 2.20. The molecule has 0 saturated carbocycles. The molecule has 10 nitrogen and oxygen atoms in total. The van der Waals surface area contributed by atoms with E-state index >= 15 is 0 Å². The molecule has 6 N–H and O–H groups in total. The molecule has 0 aliphatic rings. The van der Waals surface area contributed by atoms with Crippen LogP contribution in [0.1, 0.15) is 12.8 Å². The van der Waals surface area contributed by atoms with E-state index in [1.807, 2.05) is 10.9 Å². The summed E-state index contributed by atoms with van der Waals surface area (Å²) in [5.41, 5.74) is 3.93. The van der Waals surface area contributed by atoms with Crippen LogP contribution < -0.4 is 10.9 Å². The number of carbonyl (C=O) groups is 4. The zero-order valence-electron chi connectivity index (χ0n) is 8.99. The molecule has 10 heteroatoms. The number of hydrazine groups is 1. The van der Waals surface area contributed by atoms with Crippen molar-refractivity contribution in [3.8, 4) is 0 Å². The lowest BCUT2D eigenvalue weighted by molar-refractivity contribution is -0.148. The predicted octanol–water partition coefficient (Wildman–Crippen LogP) is -2.06. The topological polar surface area (TPSA) is 173 Å². The number of rotatable bonds is 9. The molecular formula is C8H12N2O8. The highest BCUT2D eigenvalue weighted by Crippen LogP contribution is 1.95. The Labute approximate surface area is 100 Å². The minimum Gasteiger partial charge on any atom is -0.481 e. The number of hydrogen-bond acceptors (Lipinski definition) is 6. The zero-order chi connectivity index (χ0) is 14.3. The number of carboxylic acids is 4. The largest absolute Gasteiger partial charge is 0.481 e. The molecule has 0 radical (unpaired) electrons. The van der Waals surface area contributed by atoms with Gasteiger partial charge in [0, 0.05) is 0 Å². The number of aliphatic carboxylic acids is 4. The summed E-state index contributed by atoms with van der Waals surface area (Å²) in [6, 6.07) is -3.14. The molecule has 0 aromatic rings. The van der Waals surface area contributed by atoms with Gasteiger partial charge < -0.3 is 20.4 Å². The first kappa shape index (κ1) is 15.8. The molecule has 2 atom stereocenters. The molecule has 0 aromatic carbocycles. The van der Waals surface area contributed by atoms with Gasteiger partial charge in [-0.05, 0) is 0 Å². The Morgan fingerprint density at radius 1 is 0.722 bits per heavy atom. The molecular weight excluding hydrogens is 252 g/mol. The molecule has 0 fully saturated rings. The molecule has 0 unspecified atom stereocenters. The summed E-state index contributed by atoms with van der Waals surface area (Å²) in [4.78, 5) is 41.9. The highest BCUT2D eigenvalue weighted by molar-refractivity contribution is 5.81. The van der Waals surface area contributed by atoms with Crippen molar-refractivity contribution < 1.29 is 39.6 Å². The summed E-state index contributed by atoms with van der Waals surface area (Å²) < 4.78 is 0. The van der Waals surface area contributed by atoms with E-state index in [4.69, 9.17) is 20.4 Å². The van der Waals surface area contributed by atoms with E-state index < -0.39 is 48.8 Å². The van der Waals surface area contributed by atoms with Gasteiger partial charge in [0.25, 0.3) is 0 Å². The first-order valence-electron chi connectivity index (χ1n) is 4.64. The number of hydrogen-bond donors (Lipinski definition) is 6. The summed E-state index contributed by atoms with van der Waals surface area (Å²) in [7, 11) is 0. The third-order valence-corrected chi connectivity index (χ3v) is 1.79. The Bertz CT molecular complexity index is 321. The SMILES string of the molecule is O=C(O)C[C@H](NN[C@@H](CC(=O)O)C(=O)O)C(=O)O. The highest BCUT2D eigenvalue weighted by Gasteiger charge is 2.25. The van der Waals surface area contributed by atoms with E-state index in [-0.39, 0.29) is 0 Å². The summed E-state index contributed by atoms with van der Waals surface area (Å²) in [6.45, 7) is 0. The second-order valence-corrected chi connectivity index (χ2v) is 3.27. The van der Waals surface area contributed by atoms with Crippen molar-refractivity contribution in [1.82, 2.24) is 10.9 Å². The first-order valence-corrected chi connectivity index (χ1v) is 4.64. The fraction of sp³-hybridized carbons (Fsp3) is 0.500. The van der Waals surface area contributed by atoms with Crippen molar-refractivity contribution in [3.05, 3.63) is 0 Å². The molecule has 0 bridgehead atoms. The maximum Gasteiger partial charge on any atom is 0.322 e. The van der Waals surface area contributed by atoms with Gasteiger partial charge in [0.1, 0.15) is 12.1 Å². The Hall–Kier alpha value is -2.20. The fourth-order valence-electron chi connectivity index (χ4n) is 0.951. The second-order valence-electron chi connectivity index (χ2n) is 3.27. The van der Waals surface area contributed by atoms with Gasteiger partial charge in [-0.2, -0.15) is 0 Å². The zero-order valence-corrected chi connectivity index (χ0v) is 8.99. The Balaban J connectivity index is 4.45. The van der Waals surface area contributed by atoms with Crippen LogP contribution in [0, 0.1) is 0 Å². The lowest BCUT2D eigenvalue weighted by atomic mass is 10.2. The van der Waals surface area contributed by atoms with Gasteiger partial charge in [-0.25, -0.2) is 10.9 Å². The molecule has 0 aliphatic heterocycles. The van der Waals surface area contributed by atoms with E-state index in [9.17, 15) is 19.2 Å². The van der Waals surface area contributed by atoms with Crippen LogP contribution in [-0.2, 0) is 19.2 Å². The molecule has 0 spiro atoms. The maximum absolute atomic E-state index is 10.6. The van der Waals surface area contributed by atoms with Gasteiger partial charge >= 0.3 is 23.9 Å². The fourth-order valence-corrected chi connectivity index (χ4v) is 0.951. The Morgan fingerprint density at radius 2 is 1.00 bits per heavy atom. The van der Waals surface area contributed by atoms with Gasteiger partial charge in [-0.15, -0.1) is 0 Å². The average molecular weight is 264 g/mol. The standard InChI is InChI=1S/C8H12N2O8/c11-5(12)1-3(7(15)16)9-10-4(8(17)18)2-6(13)14/h3-4,9-10H,1-2H2,(H,11,12)(H,13,14)(H,15,16)(H,17,18)/t3-,4-/m0/s1. The van der Waals surface area contributed by atoms with Crippen molar-refractivity contribution in [2.45, 2.75) is 24.9 Å². The normalized spacial score (nSPS) is 13.6. The molecule has 0 amide bonds. The smallest absolute Gasteiger partial charge is 0.322 e. The summed E-state index contributed by atoms with van der Waals surface area (Å²) in [6.07, 6.45) is -1.58. The first-order chi connectivity index (χ1) is 8.23. The van der Waals surface area contributed by atoms with Crippen LogP contribution in [0.15, 0.2) is 0 Å². The second kappa shape index (κ2) is 7.19. The van der Waals surface area contributed by atoms with Crippen molar-refractivity contribution in [2.75, 3.05) is 0 Å². The maximum atomic E-state index is 10.6. The van der Waals surface area contributed by atoms with Gasteiger partial charge in [0.05, 0.1) is 12.8 Å². The third kappa shape index (κ3) is 6.40. The van der Waals surface area contributed by atoms with Crippen LogP contribution in [0.25, 0.3) is 0 Å². The lowest BCUT2D eigenvalue weighted by Crippen LogP contribution is -2.53. The molecule has 0 heterocycles. The van der Waals surface area contributed by atoms with Gasteiger partial charge in [-0.1, -0.05) is 0 Å². The minimum absolute atomic E-state index is 0.790. The van der Waals surface area contributed by atoms with Crippen molar-refractivity contribution >= 4 is 23.9 Å². The monoisotopic (exact) mass is 264 g/mol. The summed E-state index contributed by atoms with van der Waals surface area (Å²) in [5.74, 6) is -5.82. The van der Waals surface area contributed by atoms with E-state index in [2.05, 4.69) is 0 Å². The molecule has 0 saturated heterocycles. The van der Waals surface area contributed by atoms with Gasteiger partial charge in [0.15, 0.2) is 0 Å². The van der Waals surface area contributed by atoms with Crippen LogP contribution in [0.2, 0.25) is 0 Å². The van der Waals surface area contributed by atoms with Crippen LogP contribution in [0.3, 0.4) is 0 Å². The Kier molecular flexibility index (Phi) is 6.31. The van der Waals surface area contributed by atoms with Crippen LogP contribution in [-0.4, -0.2) is 56.4 Å². The third-order valence-electron chi connectivity index (χ3n) is 1.79. The van der Waals surface area contributed by atoms with Crippen molar-refractivity contribution in [2.24, 2.45) is 0 Å². The van der Waals surface area contributed by atoms with Crippen LogP contribution in [0.4, 0.5) is 0 Å². The van der Waals surface area contributed by atoms with E-state index in [1.54, 1.807) is 0 Å². The van der Waals surface area contributed by atoms with E-state index in [0.717, 1.165) is 0 Å². The lowest BCUT2D eigenvalue weighted by Gasteiger charge is -2.17. The molecule has 0 aromatic heterocycles. The molecule has 0 aliphatic carbocycles. The summed E-state index contributed by atoms with van der Waals surface area (Å²) in [5, 5.41) is 34.1. The highest BCUT2D eigenvalue weighted by atomic mass is 16.4. The van der Waals surface area contributed by atoms with Crippen LogP contribution >= 0.6 is 0 Å². The van der Waals surface area contributed by atoms with Crippen molar-refractivity contribution in [1.29, 1.82) is 0 Å². The van der Waals surface area contributed by atoms with Gasteiger partial charge in [0.2, 0.25) is 0 Å². The van der Waals surface area contributed by atoms with Crippen molar-refractivity contribution in [3.63, 3.8) is 0 Å². The minimum atomic E-state index is -1.57. The Morgan fingerprint density at radius 3 is 1.17 bits per heavy atom. The molecule has 18 heavy (non-hydrogen) atoms. The quantitative estimate of drug-likeness (QED) is 0.254. The number of nitrogens with one attached hydrogen (secondary N) is 2. The van der Waals surface area contributed by atoms with Gasteiger partial charge in [-0.3, -0.25) is 19.2 Å². The van der Waals surface area contributed by atoms with E-state index in [0.29, 0.717) is 0 Å². The summed E-state index contributed by atoms with van der Waals surface area (Å²) >= 11 is 0. The molecule has 0 rings (SSSR count). The van der Waals surface area contributed by atoms with Crippen LogP contribution in [0.5, 0.6) is 0 Å².